The monoisotopic (exact) mass is 558 g/mol. The van der Waals surface area contributed by atoms with E-state index in [4.69, 9.17) is 0 Å². The van der Waals surface area contributed by atoms with Crippen molar-refractivity contribution in [2.24, 2.45) is 0 Å². The van der Waals surface area contributed by atoms with Crippen molar-refractivity contribution in [2.45, 2.75) is 0 Å². The van der Waals surface area contributed by atoms with Crippen LogP contribution < -0.4 is 15.9 Å². The van der Waals surface area contributed by atoms with Gasteiger partial charge in [0.15, 0.2) is 7.14 Å². The SMILES string of the molecule is O=P(c1ccccc1)(c1ccccc1)c1ccc(-n2ccc3ccc4c5ccccc5n(-c5ccccc5)c4c32)cc1. The summed E-state index contributed by atoms with van der Waals surface area (Å²) < 4.78 is 19.5. The van der Waals surface area contributed by atoms with Gasteiger partial charge in [0.05, 0.1) is 16.6 Å². The highest BCUT2D eigenvalue weighted by molar-refractivity contribution is 7.85. The summed E-state index contributed by atoms with van der Waals surface area (Å²) >= 11 is 0. The second kappa shape index (κ2) is 9.76. The van der Waals surface area contributed by atoms with E-state index >= 15 is 0 Å². The Morgan fingerprint density at radius 2 is 1.00 bits per heavy atom. The molecule has 0 radical (unpaired) electrons. The molecule has 6 aromatic carbocycles. The molecule has 8 rings (SSSR count). The summed E-state index contributed by atoms with van der Waals surface area (Å²) in [7, 11) is -3.04. The van der Waals surface area contributed by atoms with E-state index in [9.17, 15) is 4.57 Å². The molecule has 0 unspecified atom stereocenters. The summed E-state index contributed by atoms with van der Waals surface area (Å²) in [5, 5.41) is 6.12. The van der Waals surface area contributed by atoms with E-state index in [-0.39, 0.29) is 0 Å². The molecule has 3 nitrogen and oxygen atoms in total. The van der Waals surface area contributed by atoms with E-state index in [2.05, 4.69) is 100 Å². The third-order valence-electron chi connectivity index (χ3n) is 8.23. The highest BCUT2D eigenvalue weighted by Crippen LogP contribution is 2.43. The molecule has 0 aliphatic heterocycles. The molecule has 0 saturated heterocycles. The third kappa shape index (κ3) is 3.71. The zero-order valence-electron chi connectivity index (χ0n) is 22.8. The Morgan fingerprint density at radius 1 is 0.429 bits per heavy atom. The van der Waals surface area contributed by atoms with E-state index < -0.39 is 7.14 Å². The molecule has 0 spiro atoms. The van der Waals surface area contributed by atoms with Crippen molar-refractivity contribution in [3.63, 3.8) is 0 Å². The quantitative estimate of drug-likeness (QED) is 0.195. The fourth-order valence-corrected chi connectivity index (χ4v) is 8.93. The molecule has 200 valence electrons. The fourth-order valence-electron chi connectivity index (χ4n) is 6.28. The van der Waals surface area contributed by atoms with Crippen LogP contribution in [0.2, 0.25) is 0 Å². The lowest BCUT2D eigenvalue weighted by atomic mass is 10.1. The van der Waals surface area contributed by atoms with Gasteiger partial charge in [-0.25, -0.2) is 0 Å². The van der Waals surface area contributed by atoms with Gasteiger partial charge in [0, 0.05) is 49.6 Å². The normalized spacial score (nSPS) is 11.9. The van der Waals surface area contributed by atoms with E-state index in [0.717, 1.165) is 32.8 Å². The second-order valence-corrected chi connectivity index (χ2v) is 13.3. The molecule has 4 heteroatoms. The van der Waals surface area contributed by atoms with E-state index in [0.29, 0.717) is 0 Å². The molecule has 0 amide bonds. The predicted octanol–water partition coefficient (Wildman–Crippen LogP) is 8.37. The zero-order chi connectivity index (χ0) is 28.1. The van der Waals surface area contributed by atoms with E-state index in [1.807, 2.05) is 72.8 Å². The first-order valence-corrected chi connectivity index (χ1v) is 15.8. The van der Waals surface area contributed by atoms with Crippen LogP contribution in [0.5, 0.6) is 0 Å². The van der Waals surface area contributed by atoms with E-state index in [1.165, 1.54) is 27.2 Å². The van der Waals surface area contributed by atoms with Crippen LogP contribution in [-0.2, 0) is 4.57 Å². The van der Waals surface area contributed by atoms with Crippen LogP contribution in [-0.4, -0.2) is 9.13 Å². The average molecular weight is 559 g/mol. The molecule has 0 bridgehead atoms. The van der Waals surface area contributed by atoms with Gasteiger partial charge in [-0.3, -0.25) is 0 Å². The second-order valence-electron chi connectivity index (χ2n) is 10.6. The lowest BCUT2D eigenvalue weighted by Gasteiger charge is -2.20. The van der Waals surface area contributed by atoms with Gasteiger partial charge in [0.2, 0.25) is 0 Å². The number of aromatic nitrogens is 2. The topological polar surface area (TPSA) is 26.9 Å². The summed E-state index contributed by atoms with van der Waals surface area (Å²) in [5.41, 5.74) is 5.66. The predicted molar refractivity (Wildman–Crippen MR) is 177 cm³/mol. The first kappa shape index (κ1) is 24.7. The Labute approximate surface area is 244 Å². The summed E-state index contributed by atoms with van der Waals surface area (Å²) in [4.78, 5) is 0. The maximum Gasteiger partial charge on any atom is 0.171 e. The van der Waals surface area contributed by atoms with Crippen LogP contribution in [0.3, 0.4) is 0 Å². The minimum atomic E-state index is -3.04. The molecule has 8 aromatic rings. The standard InChI is InChI=1S/C38H27N2OP/c41-42(31-14-6-2-7-15-31,32-16-8-3-9-17-32)33-23-21-29(22-24-33)39-27-26-28-20-25-35-34-18-10-11-19-36(34)40(38(35)37(28)39)30-12-4-1-5-13-30/h1-27H. The Hall–Kier alpha value is -5.11. The lowest BCUT2D eigenvalue weighted by molar-refractivity contribution is 0.592. The number of para-hydroxylation sites is 2. The minimum Gasteiger partial charge on any atom is -0.315 e. The summed E-state index contributed by atoms with van der Waals surface area (Å²) in [6.07, 6.45) is 2.14. The molecule has 2 heterocycles. The number of hydrogen-bond donors (Lipinski definition) is 0. The highest BCUT2D eigenvalue weighted by Gasteiger charge is 2.29. The Bertz CT molecular complexity index is 2200. The van der Waals surface area contributed by atoms with Crippen molar-refractivity contribution in [3.8, 4) is 11.4 Å². The summed E-state index contributed by atoms with van der Waals surface area (Å²) in [5.74, 6) is 0. The maximum atomic E-state index is 14.9. The van der Waals surface area contributed by atoms with Crippen molar-refractivity contribution in [2.75, 3.05) is 0 Å². The first-order chi connectivity index (χ1) is 20.7. The van der Waals surface area contributed by atoms with Crippen LogP contribution in [0, 0.1) is 0 Å². The van der Waals surface area contributed by atoms with Gasteiger partial charge in [-0.15, -0.1) is 0 Å². The van der Waals surface area contributed by atoms with Crippen molar-refractivity contribution >= 4 is 55.8 Å². The van der Waals surface area contributed by atoms with Gasteiger partial charge in [-0.2, -0.15) is 0 Å². The van der Waals surface area contributed by atoms with Crippen molar-refractivity contribution in [1.29, 1.82) is 0 Å². The molecular formula is C38H27N2OP. The summed E-state index contributed by atoms with van der Waals surface area (Å²) in [6.45, 7) is 0. The van der Waals surface area contributed by atoms with Crippen LogP contribution in [0.25, 0.3) is 44.1 Å². The van der Waals surface area contributed by atoms with Gasteiger partial charge < -0.3 is 13.7 Å². The van der Waals surface area contributed by atoms with Crippen molar-refractivity contribution in [1.82, 2.24) is 9.13 Å². The first-order valence-electron chi connectivity index (χ1n) is 14.1. The van der Waals surface area contributed by atoms with Crippen molar-refractivity contribution < 1.29 is 4.57 Å². The lowest BCUT2D eigenvalue weighted by Crippen LogP contribution is -2.24. The number of rotatable bonds is 5. The Morgan fingerprint density at radius 3 is 1.67 bits per heavy atom. The largest absolute Gasteiger partial charge is 0.315 e. The molecule has 0 fully saturated rings. The minimum absolute atomic E-state index is 0.823. The number of fused-ring (bicyclic) bond motifs is 5. The molecule has 0 aliphatic rings. The van der Waals surface area contributed by atoms with E-state index in [1.54, 1.807) is 0 Å². The fraction of sp³-hybridized carbons (Fsp3) is 0. The van der Waals surface area contributed by atoms with Crippen LogP contribution in [0.15, 0.2) is 164 Å². The van der Waals surface area contributed by atoms with Crippen LogP contribution >= 0.6 is 7.14 Å². The van der Waals surface area contributed by atoms with Gasteiger partial charge in [-0.1, -0.05) is 109 Å². The number of hydrogen-bond acceptors (Lipinski definition) is 1. The number of benzene rings is 6. The van der Waals surface area contributed by atoms with Gasteiger partial charge in [0.25, 0.3) is 0 Å². The summed E-state index contributed by atoms with van der Waals surface area (Å²) in [6, 6.07) is 53.7. The highest BCUT2D eigenvalue weighted by atomic mass is 31.2. The smallest absolute Gasteiger partial charge is 0.171 e. The van der Waals surface area contributed by atoms with Crippen molar-refractivity contribution in [3.05, 3.63) is 164 Å². The molecule has 0 atom stereocenters. The molecule has 42 heavy (non-hydrogen) atoms. The van der Waals surface area contributed by atoms with Gasteiger partial charge >= 0.3 is 0 Å². The molecule has 0 N–H and O–H groups in total. The molecule has 0 aliphatic carbocycles. The van der Waals surface area contributed by atoms with Gasteiger partial charge in [-0.05, 0) is 48.5 Å². The molecule has 2 aromatic heterocycles. The molecule has 0 saturated carbocycles. The maximum absolute atomic E-state index is 14.9. The van der Waals surface area contributed by atoms with Crippen LogP contribution in [0.4, 0.5) is 0 Å². The Kier molecular flexibility index (Phi) is 5.73. The van der Waals surface area contributed by atoms with Gasteiger partial charge in [0.1, 0.15) is 0 Å². The zero-order valence-corrected chi connectivity index (χ0v) is 23.7. The van der Waals surface area contributed by atoms with Crippen LogP contribution in [0.1, 0.15) is 0 Å². The average Bonchev–Trinajstić information content (AvgIpc) is 3.65. The Balaban J connectivity index is 1.35. The third-order valence-corrected chi connectivity index (χ3v) is 11.3. The number of nitrogens with zero attached hydrogens (tertiary/aromatic N) is 2. The molecular weight excluding hydrogens is 531 g/mol.